The van der Waals surface area contributed by atoms with E-state index in [1.807, 2.05) is 29.4 Å². The van der Waals surface area contributed by atoms with Crippen molar-refractivity contribution in [1.82, 2.24) is 14.5 Å². The second-order valence-electron chi connectivity index (χ2n) is 6.92. The monoisotopic (exact) mass is 371 g/mol. The fourth-order valence-electron chi connectivity index (χ4n) is 3.79. The average Bonchev–Trinajstić information content (AvgIpc) is 3.20. The summed E-state index contributed by atoms with van der Waals surface area (Å²) in [6.45, 7) is 3.93. The van der Waals surface area contributed by atoms with Crippen molar-refractivity contribution in [3.63, 3.8) is 0 Å². The van der Waals surface area contributed by atoms with Gasteiger partial charge in [0.1, 0.15) is 19.0 Å². The highest BCUT2D eigenvalue weighted by Crippen LogP contribution is 2.32. The molecule has 0 saturated carbocycles. The van der Waals surface area contributed by atoms with Crippen LogP contribution in [-0.2, 0) is 11.3 Å². The minimum Gasteiger partial charge on any atom is -0.486 e. The fraction of sp³-hybridized carbons (Fsp3) is 0.500. The predicted molar refractivity (Wildman–Crippen MR) is 99.4 cm³/mol. The molecule has 1 amide bonds. The van der Waals surface area contributed by atoms with Gasteiger partial charge in [0, 0.05) is 50.6 Å². The molecule has 4 rings (SSSR count). The van der Waals surface area contributed by atoms with Gasteiger partial charge in [-0.05, 0) is 31.0 Å². The van der Waals surface area contributed by atoms with Gasteiger partial charge in [0.15, 0.2) is 11.5 Å². The van der Waals surface area contributed by atoms with E-state index in [4.69, 9.17) is 14.2 Å². The molecule has 2 aliphatic rings. The number of hydrogen-bond acceptors (Lipinski definition) is 5. The zero-order valence-electron chi connectivity index (χ0n) is 15.6. The zero-order valence-corrected chi connectivity index (χ0v) is 15.6. The van der Waals surface area contributed by atoms with Crippen molar-refractivity contribution >= 4 is 5.91 Å². The van der Waals surface area contributed by atoms with Gasteiger partial charge in [-0.2, -0.15) is 0 Å². The summed E-state index contributed by atoms with van der Waals surface area (Å²) in [5.41, 5.74) is 0.641. The molecular weight excluding hydrogens is 346 g/mol. The molecular formula is C20H25N3O4. The summed E-state index contributed by atoms with van der Waals surface area (Å²) in [7, 11) is 1.70. The Balaban J connectivity index is 1.48. The second-order valence-corrected chi connectivity index (χ2v) is 6.92. The molecule has 7 heteroatoms. The molecule has 27 heavy (non-hydrogen) atoms. The number of carbonyl (C=O) groups excluding carboxylic acids is 1. The van der Waals surface area contributed by atoms with Crippen molar-refractivity contribution in [2.24, 2.45) is 0 Å². The van der Waals surface area contributed by atoms with Gasteiger partial charge >= 0.3 is 0 Å². The number of nitrogens with zero attached hydrogens (tertiary/aromatic N) is 3. The highest BCUT2D eigenvalue weighted by atomic mass is 16.6. The molecule has 1 aromatic heterocycles. The molecule has 0 aliphatic carbocycles. The number of carbonyl (C=O) groups is 1. The predicted octanol–water partition coefficient (Wildman–Crippen LogP) is 2.32. The van der Waals surface area contributed by atoms with Crippen LogP contribution in [0.3, 0.4) is 0 Å². The average molecular weight is 371 g/mol. The van der Waals surface area contributed by atoms with Crippen LogP contribution < -0.4 is 9.47 Å². The molecule has 7 nitrogen and oxygen atoms in total. The second kappa shape index (κ2) is 8.00. The van der Waals surface area contributed by atoms with Crippen LogP contribution in [0.4, 0.5) is 0 Å². The Morgan fingerprint density at radius 1 is 1.30 bits per heavy atom. The number of fused-ring (bicyclic) bond motifs is 1. The van der Waals surface area contributed by atoms with Crippen LogP contribution >= 0.6 is 0 Å². The van der Waals surface area contributed by atoms with Gasteiger partial charge in [0.25, 0.3) is 5.91 Å². The standard InChI is InChI=1S/C20H25N3O4/c1-25-10-9-22-8-6-21-19(22)16-3-2-7-23(14-16)20(24)15-4-5-17-18(13-15)27-12-11-26-17/h4-6,8,13,16H,2-3,7,9-12,14H2,1H3. The first-order chi connectivity index (χ1) is 13.3. The first-order valence-corrected chi connectivity index (χ1v) is 9.45. The summed E-state index contributed by atoms with van der Waals surface area (Å²) in [6, 6.07) is 5.43. The third kappa shape index (κ3) is 3.78. The maximum atomic E-state index is 13.0. The Morgan fingerprint density at radius 2 is 2.15 bits per heavy atom. The van der Waals surface area contributed by atoms with E-state index >= 15 is 0 Å². The van der Waals surface area contributed by atoms with E-state index in [9.17, 15) is 4.79 Å². The van der Waals surface area contributed by atoms with Gasteiger partial charge in [-0.25, -0.2) is 4.98 Å². The Kier molecular flexibility index (Phi) is 5.29. The molecule has 0 bridgehead atoms. The van der Waals surface area contributed by atoms with Crippen molar-refractivity contribution in [2.45, 2.75) is 25.3 Å². The molecule has 1 unspecified atom stereocenters. The number of rotatable bonds is 5. The largest absolute Gasteiger partial charge is 0.486 e. The fourth-order valence-corrected chi connectivity index (χ4v) is 3.79. The van der Waals surface area contributed by atoms with Crippen LogP contribution in [0.15, 0.2) is 30.6 Å². The lowest BCUT2D eigenvalue weighted by Crippen LogP contribution is -2.39. The first kappa shape index (κ1) is 17.9. The van der Waals surface area contributed by atoms with E-state index < -0.39 is 0 Å². The summed E-state index contributed by atoms with van der Waals surface area (Å²) < 4.78 is 18.5. The number of likely N-dealkylation sites (tertiary alicyclic amines) is 1. The van der Waals surface area contributed by atoms with Gasteiger partial charge < -0.3 is 23.7 Å². The number of methoxy groups -OCH3 is 1. The SMILES string of the molecule is COCCn1ccnc1C1CCCN(C(=O)c2ccc3c(c2)OCCO3)C1. The highest BCUT2D eigenvalue weighted by molar-refractivity contribution is 5.95. The topological polar surface area (TPSA) is 65.8 Å². The number of piperidine rings is 1. The molecule has 2 aliphatic heterocycles. The number of aromatic nitrogens is 2. The Bertz CT molecular complexity index is 804. The van der Waals surface area contributed by atoms with Gasteiger partial charge in [-0.3, -0.25) is 4.79 Å². The lowest BCUT2D eigenvalue weighted by molar-refractivity contribution is 0.0701. The normalized spacial score (nSPS) is 19.1. The van der Waals surface area contributed by atoms with Crippen molar-refractivity contribution < 1.29 is 19.0 Å². The number of amides is 1. The third-order valence-corrected chi connectivity index (χ3v) is 5.15. The number of ether oxygens (including phenoxy) is 3. The van der Waals surface area contributed by atoms with Gasteiger partial charge in [0.2, 0.25) is 0 Å². The molecule has 0 N–H and O–H groups in total. The van der Waals surface area contributed by atoms with Crippen LogP contribution in [-0.4, -0.2) is 60.4 Å². The summed E-state index contributed by atoms with van der Waals surface area (Å²) in [6.07, 6.45) is 5.82. The van der Waals surface area contributed by atoms with Crippen LogP contribution in [0, 0.1) is 0 Å². The van der Waals surface area contributed by atoms with Crippen molar-refractivity contribution in [3.05, 3.63) is 42.0 Å². The van der Waals surface area contributed by atoms with Crippen LogP contribution in [0.25, 0.3) is 0 Å². The van der Waals surface area contributed by atoms with E-state index in [0.29, 0.717) is 43.4 Å². The van der Waals surface area contributed by atoms with E-state index in [-0.39, 0.29) is 11.8 Å². The first-order valence-electron chi connectivity index (χ1n) is 9.45. The number of imidazole rings is 1. The van der Waals surface area contributed by atoms with Gasteiger partial charge in [-0.15, -0.1) is 0 Å². The molecule has 0 radical (unpaired) electrons. The van der Waals surface area contributed by atoms with E-state index in [1.165, 1.54) is 0 Å². The summed E-state index contributed by atoms with van der Waals surface area (Å²) in [4.78, 5) is 19.5. The van der Waals surface area contributed by atoms with E-state index in [2.05, 4.69) is 9.55 Å². The minimum atomic E-state index is 0.0340. The van der Waals surface area contributed by atoms with Crippen molar-refractivity contribution in [1.29, 1.82) is 0 Å². The Hall–Kier alpha value is -2.54. The van der Waals surface area contributed by atoms with Crippen molar-refractivity contribution in [3.8, 4) is 11.5 Å². The molecule has 3 heterocycles. The van der Waals surface area contributed by atoms with Gasteiger partial charge in [-0.1, -0.05) is 0 Å². The maximum Gasteiger partial charge on any atom is 0.254 e. The molecule has 1 fully saturated rings. The van der Waals surface area contributed by atoms with Gasteiger partial charge in [0.05, 0.1) is 6.61 Å². The molecule has 1 aromatic carbocycles. The number of benzene rings is 1. The molecule has 144 valence electrons. The molecule has 2 aromatic rings. The minimum absolute atomic E-state index is 0.0340. The lowest BCUT2D eigenvalue weighted by atomic mass is 9.96. The Morgan fingerprint density at radius 3 is 3.00 bits per heavy atom. The Labute approximate surface area is 158 Å². The molecule has 1 saturated heterocycles. The van der Waals surface area contributed by atoms with Crippen LogP contribution in [0.2, 0.25) is 0 Å². The zero-order chi connectivity index (χ0) is 18.6. The maximum absolute atomic E-state index is 13.0. The van der Waals surface area contributed by atoms with E-state index in [1.54, 1.807) is 13.2 Å². The van der Waals surface area contributed by atoms with Crippen molar-refractivity contribution in [2.75, 3.05) is 40.0 Å². The van der Waals surface area contributed by atoms with Crippen LogP contribution in [0.1, 0.15) is 34.9 Å². The molecule has 1 atom stereocenters. The summed E-state index contributed by atoms with van der Waals surface area (Å²) in [5.74, 6) is 2.66. The smallest absolute Gasteiger partial charge is 0.254 e. The quantitative estimate of drug-likeness (QED) is 0.807. The molecule has 0 spiro atoms. The lowest BCUT2D eigenvalue weighted by Gasteiger charge is -2.33. The highest BCUT2D eigenvalue weighted by Gasteiger charge is 2.28. The third-order valence-electron chi connectivity index (χ3n) is 5.15. The van der Waals surface area contributed by atoms with Crippen LogP contribution in [0.5, 0.6) is 11.5 Å². The summed E-state index contributed by atoms with van der Waals surface area (Å²) in [5, 5.41) is 0. The van der Waals surface area contributed by atoms with E-state index in [0.717, 1.165) is 31.8 Å². The number of hydrogen-bond donors (Lipinski definition) is 0. The summed E-state index contributed by atoms with van der Waals surface area (Å²) >= 11 is 0.